The summed E-state index contributed by atoms with van der Waals surface area (Å²) in [5.74, 6) is 1.05. The van der Waals surface area contributed by atoms with Crippen molar-refractivity contribution in [1.82, 2.24) is 40.4 Å². The molecule has 4 heterocycles. The van der Waals surface area contributed by atoms with Gasteiger partial charge in [0.2, 0.25) is 5.82 Å². The number of amides is 1. The van der Waals surface area contributed by atoms with Gasteiger partial charge in [-0.3, -0.25) is 9.69 Å². The highest BCUT2D eigenvalue weighted by Crippen LogP contribution is 2.31. The van der Waals surface area contributed by atoms with Crippen LogP contribution >= 0.6 is 11.6 Å². The summed E-state index contributed by atoms with van der Waals surface area (Å²) in [5.41, 5.74) is 1.93. The molecule has 2 aliphatic rings. The number of aliphatic hydroxyl groups excluding tert-OH is 1. The lowest BCUT2D eigenvalue weighted by molar-refractivity contribution is 0.0376. The lowest BCUT2D eigenvalue weighted by Crippen LogP contribution is -2.54. The van der Waals surface area contributed by atoms with Crippen LogP contribution in [0, 0.1) is 0 Å². The Labute approximate surface area is 222 Å². The first-order valence-electron chi connectivity index (χ1n) is 12.3. The SMILES string of the molecule is O=C(c1ccc(Cl)cc1)N1CCN([C@@H]2CN(c3nc(CF)nc4ccc(-c5nn[nH]n5)cc34)C[C@H]2O)CC1. The molecule has 2 aromatic heterocycles. The Morgan fingerprint density at radius 1 is 1.08 bits per heavy atom. The van der Waals surface area contributed by atoms with Gasteiger partial charge < -0.3 is 14.9 Å². The fourth-order valence-electron chi connectivity index (χ4n) is 5.22. The van der Waals surface area contributed by atoms with Gasteiger partial charge in [0.15, 0.2) is 5.82 Å². The largest absolute Gasteiger partial charge is 0.390 e. The highest BCUT2D eigenvalue weighted by Gasteiger charge is 2.38. The Morgan fingerprint density at radius 2 is 1.87 bits per heavy atom. The van der Waals surface area contributed by atoms with Crippen molar-refractivity contribution in [1.29, 1.82) is 0 Å². The molecular weight excluding hydrogens is 513 g/mol. The number of carbonyl (C=O) groups is 1. The lowest BCUT2D eigenvalue weighted by Gasteiger charge is -2.38. The molecule has 13 heteroatoms. The quantitative estimate of drug-likeness (QED) is 0.392. The molecule has 2 saturated heterocycles. The summed E-state index contributed by atoms with van der Waals surface area (Å²) in [4.78, 5) is 27.7. The smallest absolute Gasteiger partial charge is 0.253 e. The number of aromatic nitrogens is 6. The van der Waals surface area contributed by atoms with Crippen LogP contribution in [-0.4, -0.2) is 103 Å². The van der Waals surface area contributed by atoms with Crippen molar-refractivity contribution in [3.8, 4) is 11.4 Å². The predicted octanol–water partition coefficient (Wildman–Crippen LogP) is 1.94. The third-order valence-electron chi connectivity index (χ3n) is 7.17. The topological polar surface area (TPSA) is 127 Å². The number of anilines is 1. The van der Waals surface area contributed by atoms with E-state index in [1.807, 2.05) is 15.9 Å². The summed E-state index contributed by atoms with van der Waals surface area (Å²) in [7, 11) is 0. The molecule has 2 aliphatic heterocycles. The van der Waals surface area contributed by atoms with Gasteiger partial charge in [-0.05, 0) is 47.7 Å². The zero-order chi connectivity index (χ0) is 26.2. The summed E-state index contributed by atoms with van der Waals surface area (Å²) < 4.78 is 13.6. The van der Waals surface area contributed by atoms with Gasteiger partial charge >= 0.3 is 0 Å². The van der Waals surface area contributed by atoms with Crippen LogP contribution < -0.4 is 4.90 Å². The van der Waals surface area contributed by atoms with Crippen LogP contribution in [0.2, 0.25) is 5.02 Å². The fraction of sp³-hybridized carbons (Fsp3) is 0.360. The molecule has 0 unspecified atom stereocenters. The number of hydrogen-bond acceptors (Lipinski definition) is 9. The van der Waals surface area contributed by atoms with Crippen molar-refractivity contribution in [2.75, 3.05) is 44.2 Å². The molecule has 196 valence electrons. The maximum atomic E-state index is 13.6. The second-order valence-corrected chi connectivity index (χ2v) is 9.88. The van der Waals surface area contributed by atoms with E-state index in [1.165, 1.54) is 0 Å². The molecule has 0 aliphatic carbocycles. The van der Waals surface area contributed by atoms with E-state index < -0.39 is 12.8 Å². The van der Waals surface area contributed by atoms with E-state index >= 15 is 0 Å². The Kier molecular flexibility index (Phi) is 6.60. The number of carbonyl (C=O) groups excluding carboxylic acids is 1. The number of H-pyrrole nitrogens is 1. The standard InChI is InChI=1S/C25H25ClFN9O2/c26-17-4-1-15(2-5-17)25(38)35-9-7-34(8-10-35)20-13-36(14-21(20)37)24-18-11-16(23-30-32-33-31-23)3-6-19(18)28-22(12-27)29-24/h1-6,11,20-21,37H,7-10,12-14H2,(H,30,31,32,33)/t20-,21-/m1/s1. The molecule has 0 bridgehead atoms. The van der Waals surface area contributed by atoms with Crippen molar-refractivity contribution in [2.24, 2.45) is 0 Å². The number of aliphatic hydroxyl groups is 1. The van der Waals surface area contributed by atoms with Crippen molar-refractivity contribution in [3.05, 3.63) is 58.9 Å². The van der Waals surface area contributed by atoms with E-state index in [9.17, 15) is 14.3 Å². The number of fused-ring (bicyclic) bond motifs is 1. The predicted molar refractivity (Wildman–Crippen MR) is 138 cm³/mol. The summed E-state index contributed by atoms with van der Waals surface area (Å²) >= 11 is 5.95. The number of halogens is 2. The Balaban J connectivity index is 1.20. The number of tetrazole rings is 1. The van der Waals surface area contributed by atoms with Gasteiger partial charge in [-0.1, -0.05) is 11.6 Å². The molecule has 2 N–H and O–H groups in total. The Bertz CT molecular complexity index is 1450. The molecule has 1 amide bonds. The minimum absolute atomic E-state index is 0.0291. The third kappa shape index (κ3) is 4.66. The van der Waals surface area contributed by atoms with Crippen LogP contribution in [0.25, 0.3) is 22.3 Å². The number of aromatic amines is 1. The maximum Gasteiger partial charge on any atom is 0.253 e. The van der Waals surface area contributed by atoms with Gasteiger partial charge in [-0.2, -0.15) is 5.21 Å². The van der Waals surface area contributed by atoms with Crippen molar-refractivity contribution >= 4 is 34.2 Å². The number of alkyl halides is 1. The number of nitrogens with one attached hydrogen (secondary N) is 1. The third-order valence-corrected chi connectivity index (χ3v) is 7.42. The van der Waals surface area contributed by atoms with E-state index in [0.717, 1.165) is 10.9 Å². The normalized spacial score (nSPS) is 20.4. The van der Waals surface area contributed by atoms with E-state index in [-0.39, 0.29) is 17.8 Å². The second kappa shape index (κ2) is 10.2. The van der Waals surface area contributed by atoms with Crippen LogP contribution in [0.15, 0.2) is 42.5 Å². The molecule has 6 rings (SSSR count). The lowest BCUT2D eigenvalue weighted by atomic mass is 10.1. The van der Waals surface area contributed by atoms with E-state index in [0.29, 0.717) is 67.0 Å². The van der Waals surface area contributed by atoms with Crippen molar-refractivity contribution in [2.45, 2.75) is 18.8 Å². The molecule has 2 atom stereocenters. The van der Waals surface area contributed by atoms with E-state index in [1.54, 1.807) is 36.4 Å². The number of nitrogens with zero attached hydrogens (tertiary/aromatic N) is 8. The van der Waals surface area contributed by atoms with Crippen molar-refractivity contribution in [3.63, 3.8) is 0 Å². The number of rotatable bonds is 5. The van der Waals surface area contributed by atoms with Crippen molar-refractivity contribution < 1.29 is 14.3 Å². The highest BCUT2D eigenvalue weighted by atomic mass is 35.5. The zero-order valence-corrected chi connectivity index (χ0v) is 21.1. The van der Waals surface area contributed by atoms with E-state index in [2.05, 4.69) is 35.5 Å². The van der Waals surface area contributed by atoms with Gasteiger partial charge in [0, 0.05) is 60.8 Å². The zero-order valence-electron chi connectivity index (χ0n) is 20.3. The number of hydrogen-bond donors (Lipinski definition) is 2. The van der Waals surface area contributed by atoms with Gasteiger partial charge in [0.1, 0.15) is 12.5 Å². The second-order valence-electron chi connectivity index (χ2n) is 9.44. The first kappa shape index (κ1) is 24.6. The van der Waals surface area contributed by atoms with Gasteiger partial charge in [-0.15, -0.1) is 10.2 Å². The molecule has 11 nitrogen and oxygen atoms in total. The monoisotopic (exact) mass is 537 g/mol. The summed E-state index contributed by atoms with van der Waals surface area (Å²) in [6.45, 7) is 2.45. The number of benzene rings is 2. The molecule has 2 aromatic carbocycles. The van der Waals surface area contributed by atoms with Crippen LogP contribution in [-0.2, 0) is 6.67 Å². The summed E-state index contributed by atoms with van der Waals surface area (Å²) in [6.07, 6.45) is -0.632. The van der Waals surface area contributed by atoms with Crippen LogP contribution in [0.3, 0.4) is 0 Å². The molecule has 38 heavy (non-hydrogen) atoms. The average molecular weight is 538 g/mol. The Hall–Kier alpha value is -3.74. The van der Waals surface area contributed by atoms with Crippen LogP contribution in [0.4, 0.5) is 10.2 Å². The number of piperazine rings is 1. The van der Waals surface area contributed by atoms with Gasteiger partial charge in [-0.25, -0.2) is 14.4 Å². The van der Waals surface area contributed by atoms with Gasteiger partial charge in [0.05, 0.1) is 17.7 Å². The average Bonchev–Trinajstić information content (AvgIpc) is 3.63. The minimum Gasteiger partial charge on any atom is -0.390 e. The number of β-amino-alcohol motifs (C(OH)–C–C–N with tert-alkyl or cyclic N) is 1. The Morgan fingerprint density at radius 3 is 2.58 bits per heavy atom. The molecule has 0 saturated carbocycles. The van der Waals surface area contributed by atoms with Crippen LogP contribution in [0.1, 0.15) is 16.2 Å². The molecule has 2 fully saturated rings. The van der Waals surface area contributed by atoms with Gasteiger partial charge in [0.25, 0.3) is 5.91 Å². The summed E-state index contributed by atoms with van der Waals surface area (Å²) in [5, 5.41) is 26.5. The van der Waals surface area contributed by atoms with E-state index in [4.69, 9.17) is 11.6 Å². The molecule has 0 radical (unpaired) electrons. The highest BCUT2D eigenvalue weighted by molar-refractivity contribution is 6.30. The fourth-order valence-corrected chi connectivity index (χ4v) is 5.34. The molecular formula is C25H25ClFN9O2. The first-order valence-corrected chi connectivity index (χ1v) is 12.7. The first-order chi connectivity index (χ1) is 18.5. The summed E-state index contributed by atoms with van der Waals surface area (Å²) in [6, 6.07) is 12.2. The maximum absolute atomic E-state index is 13.6. The minimum atomic E-state index is -0.793. The molecule has 0 spiro atoms. The van der Waals surface area contributed by atoms with Crippen LogP contribution in [0.5, 0.6) is 0 Å². The molecule has 4 aromatic rings.